The lowest BCUT2D eigenvalue weighted by atomic mass is 10.2. The Morgan fingerprint density at radius 3 is 3.00 bits per heavy atom. The largest absolute Gasteiger partial charge is 0.461 e. The van der Waals surface area contributed by atoms with E-state index in [4.69, 9.17) is 10.00 Å². The molecule has 25 heavy (non-hydrogen) atoms. The minimum absolute atomic E-state index is 0.0524. The molecule has 1 N–H and O–H groups in total. The molecule has 0 amide bonds. The molecule has 2 rings (SSSR count). The summed E-state index contributed by atoms with van der Waals surface area (Å²) in [5.74, 6) is -0.150. The lowest BCUT2D eigenvalue weighted by Crippen LogP contribution is -2.13. The molecule has 0 aliphatic rings. The van der Waals surface area contributed by atoms with Gasteiger partial charge in [-0.25, -0.2) is 9.78 Å². The molecule has 0 aliphatic heterocycles. The average Bonchev–Trinajstić information content (AvgIpc) is 2.64. The Bertz CT molecular complexity index is 843. The molecule has 1 heterocycles. The molecule has 0 saturated carbocycles. The van der Waals surface area contributed by atoms with Crippen molar-refractivity contribution in [2.75, 3.05) is 18.5 Å². The highest BCUT2D eigenvalue weighted by atomic mass is 16.6. The molecule has 8 heteroatoms. The number of nitrogens with zero attached hydrogens (tertiary/aromatic N) is 3. The van der Waals surface area contributed by atoms with E-state index in [2.05, 4.69) is 10.3 Å². The maximum Gasteiger partial charge on any atom is 0.330 e. The summed E-state index contributed by atoms with van der Waals surface area (Å²) in [5, 5.41) is 22.5. The van der Waals surface area contributed by atoms with Crippen molar-refractivity contribution in [3.63, 3.8) is 0 Å². The fourth-order valence-corrected chi connectivity index (χ4v) is 1.91. The molecule has 0 fully saturated rings. The van der Waals surface area contributed by atoms with Crippen molar-refractivity contribution < 1.29 is 14.5 Å². The maximum absolute atomic E-state index is 11.6. The van der Waals surface area contributed by atoms with Crippen LogP contribution in [-0.2, 0) is 9.53 Å². The fraction of sp³-hybridized carbons (Fsp3) is 0.118. The van der Waals surface area contributed by atoms with Crippen LogP contribution < -0.4 is 5.32 Å². The standard InChI is InChI=1S/C17H14N4O4/c18-12-14-4-2-8-19-17(14)20-9-10-25-16(22)7-6-13-3-1-5-15(11-13)21(23)24/h1-8,11H,9-10H2,(H,19,20). The molecule has 0 aliphatic carbocycles. The van der Waals surface area contributed by atoms with Crippen LogP contribution in [0.3, 0.4) is 0 Å². The number of esters is 1. The Labute approximate surface area is 143 Å². The number of hydrogen-bond acceptors (Lipinski definition) is 7. The first-order chi connectivity index (χ1) is 12.1. The average molecular weight is 338 g/mol. The Kier molecular flexibility index (Phi) is 6.19. The number of nitriles is 1. The van der Waals surface area contributed by atoms with E-state index in [0.29, 0.717) is 23.5 Å². The van der Waals surface area contributed by atoms with Crippen LogP contribution in [0.2, 0.25) is 0 Å². The molecule has 0 radical (unpaired) electrons. The van der Waals surface area contributed by atoms with Crippen molar-refractivity contribution in [3.05, 3.63) is 69.9 Å². The van der Waals surface area contributed by atoms with E-state index in [9.17, 15) is 14.9 Å². The Morgan fingerprint density at radius 2 is 2.24 bits per heavy atom. The molecule has 0 unspecified atom stereocenters. The third kappa shape index (κ3) is 5.44. The van der Waals surface area contributed by atoms with Gasteiger partial charge in [0.05, 0.1) is 17.0 Å². The zero-order valence-electron chi connectivity index (χ0n) is 13.1. The van der Waals surface area contributed by atoms with Crippen molar-refractivity contribution in [2.45, 2.75) is 0 Å². The summed E-state index contributed by atoms with van der Waals surface area (Å²) in [6.07, 6.45) is 4.19. The molecule has 8 nitrogen and oxygen atoms in total. The summed E-state index contributed by atoms with van der Waals surface area (Å²) in [6, 6.07) is 11.2. The lowest BCUT2D eigenvalue weighted by Gasteiger charge is -2.06. The number of hydrogen-bond donors (Lipinski definition) is 1. The number of nitro benzene ring substituents is 1. The summed E-state index contributed by atoms with van der Waals surface area (Å²) in [6.45, 7) is 0.377. The Hall–Kier alpha value is -3.73. The SMILES string of the molecule is N#Cc1cccnc1NCCOC(=O)C=Cc1cccc([N+](=O)[O-])c1. The first kappa shape index (κ1) is 17.6. The van der Waals surface area contributed by atoms with Gasteiger partial charge in [-0.15, -0.1) is 0 Å². The van der Waals surface area contributed by atoms with E-state index in [1.165, 1.54) is 30.4 Å². The highest BCUT2D eigenvalue weighted by Gasteiger charge is 2.05. The third-order valence-electron chi connectivity index (χ3n) is 3.06. The van der Waals surface area contributed by atoms with Crippen molar-refractivity contribution >= 4 is 23.6 Å². The minimum atomic E-state index is -0.574. The number of pyridine rings is 1. The number of benzene rings is 1. The predicted molar refractivity (Wildman–Crippen MR) is 90.5 cm³/mol. The van der Waals surface area contributed by atoms with Crippen molar-refractivity contribution in [3.8, 4) is 6.07 Å². The quantitative estimate of drug-likeness (QED) is 0.271. The molecule has 0 bridgehead atoms. The number of nitro groups is 1. The molecule has 126 valence electrons. The number of non-ortho nitro benzene ring substituents is 1. The predicted octanol–water partition coefficient (Wildman–Crippen LogP) is 2.53. The second-order valence-corrected chi connectivity index (χ2v) is 4.79. The van der Waals surface area contributed by atoms with Gasteiger partial charge < -0.3 is 10.1 Å². The molecule has 0 atom stereocenters. The van der Waals surface area contributed by atoms with Crippen LogP contribution in [0.25, 0.3) is 6.08 Å². The molecular weight excluding hydrogens is 324 g/mol. The van der Waals surface area contributed by atoms with Gasteiger partial charge in [-0.3, -0.25) is 10.1 Å². The van der Waals surface area contributed by atoms with E-state index < -0.39 is 10.9 Å². The smallest absolute Gasteiger partial charge is 0.330 e. The van der Waals surface area contributed by atoms with Gasteiger partial charge in [0.15, 0.2) is 0 Å². The van der Waals surface area contributed by atoms with Crippen molar-refractivity contribution in [2.24, 2.45) is 0 Å². The Balaban J connectivity index is 1.80. The van der Waals surface area contributed by atoms with Gasteiger partial charge in [-0.2, -0.15) is 5.26 Å². The first-order valence-electron chi connectivity index (χ1n) is 7.28. The third-order valence-corrected chi connectivity index (χ3v) is 3.06. The summed E-state index contributed by atoms with van der Waals surface area (Å²) in [7, 11) is 0. The van der Waals surface area contributed by atoms with E-state index >= 15 is 0 Å². The highest BCUT2D eigenvalue weighted by molar-refractivity contribution is 5.87. The zero-order valence-corrected chi connectivity index (χ0v) is 13.1. The second-order valence-electron chi connectivity index (χ2n) is 4.79. The number of carbonyl (C=O) groups excluding carboxylic acids is 1. The number of carbonyl (C=O) groups is 1. The molecule has 0 spiro atoms. The lowest BCUT2D eigenvalue weighted by molar-refractivity contribution is -0.384. The van der Waals surface area contributed by atoms with Gasteiger partial charge in [-0.1, -0.05) is 12.1 Å². The highest BCUT2D eigenvalue weighted by Crippen LogP contribution is 2.14. The minimum Gasteiger partial charge on any atom is -0.461 e. The van der Waals surface area contributed by atoms with E-state index in [-0.39, 0.29) is 12.3 Å². The molecule has 2 aromatic rings. The fourth-order valence-electron chi connectivity index (χ4n) is 1.91. The topological polar surface area (TPSA) is 118 Å². The van der Waals surface area contributed by atoms with Gasteiger partial charge in [0.2, 0.25) is 0 Å². The van der Waals surface area contributed by atoms with Gasteiger partial charge in [0.25, 0.3) is 5.69 Å². The number of rotatable bonds is 7. The Morgan fingerprint density at radius 1 is 1.40 bits per heavy atom. The van der Waals surface area contributed by atoms with Crippen LogP contribution in [0.4, 0.5) is 11.5 Å². The van der Waals surface area contributed by atoms with Crippen LogP contribution in [-0.4, -0.2) is 29.0 Å². The van der Waals surface area contributed by atoms with Gasteiger partial charge >= 0.3 is 5.97 Å². The maximum atomic E-state index is 11.6. The summed E-state index contributed by atoms with van der Waals surface area (Å²) < 4.78 is 5.00. The zero-order chi connectivity index (χ0) is 18.1. The van der Waals surface area contributed by atoms with Crippen LogP contribution in [0.5, 0.6) is 0 Å². The van der Waals surface area contributed by atoms with Crippen LogP contribution in [0.15, 0.2) is 48.7 Å². The molecule has 0 saturated heterocycles. The second kappa shape index (κ2) is 8.79. The monoisotopic (exact) mass is 338 g/mol. The molecule has 1 aromatic carbocycles. The summed E-state index contributed by atoms with van der Waals surface area (Å²) in [4.78, 5) is 25.8. The van der Waals surface area contributed by atoms with Crippen molar-refractivity contribution in [1.29, 1.82) is 5.26 Å². The summed E-state index contributed by atoms with van der Waals surface area (Å²) in [5.41, 5.74) is 0.874. The first-order valence-corrected chi connectivity index (χ1v) is 7.28. The number of anilines is 1. The summed E-state index contributed by atoms with van der Waals surface area (Å²) >= 11 is 0. The van der Waals surface area contributed by atoms with Gasteiger partial charge in [0, 0.05) is 24.4 Å². The van der Waals surface area contributed by atoms with Crippen LogP contribution in [0, 0.1) is 21.4 Å². The van der Waals surface area contributed by atoms with Gasteiger partial charge in [0.1, 0.15) is 18.5 Å². The van der Waals surface area contributed by atoms with Crippen molar-refractivity contribution in [1.82, 2.24) is 4.98 Å². The number of aromatic nitrogens is 1. The van der Waals surface area contributed by atoms with Crippen LogP contribution >= 0.6 is 0 Å². The number of nitrogens with one attached hydrogen (secondary N) is 1. The molecular formula is C17H14N4O4. The van der Waals surface area contributed by atoms with E-state index in [1.54, 1.807) is 24.4 Å². The van der Waals surface area contributed by atoms with Crippen LogP contribution in [0.1, 0.15) is 11.1 Å². The number of ether oxygens (including phenoxy) is 1. The normalized spacial score (nSPS) is 10.2. The van der Waals surface area contributed by atoms with E-state index in [0.717, 1.165) is 0 Å². The van der Waals surface area contributed by atoms with Gasteiger partial charge in [-0.05, 0) is 23.8 Å². The molecule has 1 aromatic heterocycles. The van der Waals surface area contributed by atoms with E-state index in [1.807, 2.05) is 6.07 Å².